The van der Waals surface area contributed by atoms with Crippen molar-refractivity contribution in [1.82, 2.24) is 0 Å². The van der Waals surface area contributed by atoms with E-state index >= 15 is 0 Å². The summed E-state index contributed by atoms with van der Waals surface area (Å²) in [4.78, 5) is 0. The first-order valence-electron chi connectivity index (χ1n) is 9.37. The lowest BCUT2D eigenvalue weighted by Gasteiger charge is -2.17. The van der Waals surface area contributed by atoms with Crippen LogP contribution in [0.4, 0.5) is 0 Å². The zero-order chi connectivity index (χ0) is 15.9. The maximum Gasteiger partial charge on any atom is 0.0754 e. The van der Waals surface area contributed by atoms with Crippen LogP contribution in [-0.4, -0.2) is 12.7 Å². The van der Waals surface area contributed by atoms with Crippen LogP contribution >= 0.6 is 0 Å². The van der Waals surface area contributed by atoms with Gasteiger partial charge in [-0.1, -0.05) is 85.1 Å². The first kappa shape index (κ1) is 20.7. The van der Waals surface area contributed by atoms with Crippen molar-refractivity contribution in [2.75, 3.05) is 6.61 Å². The normalized spacial score (nSPS) is 12.8. The highest BCUT2D eigenvalue weighted by Gasteiger charge is 2.08. The molecule has 0 heterocycles. The van der Waals surface area contributed by atoms with Crippen LogP contribution in [0.1, 0.15) is 98.3 Å². The summed E-state index contributed by atoms with van der Waals surface area (Å²) in [6.07, 6.45) is 15.1. The Bertz CT molecular complexity index is 232. The van der Waals surface area contributed by atoms with Gasteiger partial charge in [-0.15, -0.1) is 0 Å². The second-order valence-corrected chi connectivity index (χ2v) is 6.95. The molecule has 0 aliphatic heterocycles. The second kappa shape index (κ2) is 14.6. The molecule has 0 radical (unpaired) electrons. The average Bonchev–Trinajstić information content (AvgIpc) is 2.43. The fraction of sp³-hybridized carbons (Fsp3) is 0.900. The molecule has 0 saturated heterocycles. The van der Waals surface area contributed by atoms with Gasteiger partial charge in [-0.3, -0.25) is 0 Å². The molecule has 0 spiro atoms. The Kier molecular flexibility index (Phi) is 14.4. The molecule has 0 aromatic rings. The summed E-state index contributed by atoms with van der Waals surface area (Å²) in [6, 6.07) is 0. The van der Waals surface area contributed by atoms with Gasteiger partial charge in [0.05, 0.1) is 6.10 Å². The molecule has 1 nitrogen and oxygen atoms in total. The van der Waals surface area contributed by atoms with Crippen molar-refractivity contribution in [2.45, 2.75) is 104 Å². The predicted octanol–water partition coefficient (Wildman–Crippen LogP) is 6.91. The molecule has 0 aromatic carbocycles. The Balaban J connectivity index is 3.26. The average molecular weight is 297 g/mol. The van der Waals surface area contributed by atoms with Crippen LogP contribution in [-0.2, 0) is 4.74 Å². The van der Waals surface area contributed by atoms with Gasteiger partial charge in [-0.05, 0) is 31.3 Å². The third-order valence-corrected chi connectivity index (χ3v) is 4.11. The minimum absolute atomic E-state index is 0.228. The molecule has 1 atom stereocenters. The smallest absolute Gasteiger partial charge is 0.0754 e. The SMILES string of the molecule is C=C(CC(C)C)C(C)OCCCCCCCCCCCC. The predicted molar refractivity (Wildman–Crippen MR) is 95.9 cm³/mol. The number of rotatable bonds is 15. The number of hydrogen-bond acceptors (Lipinski definition) is 1. The monoisotopic (exact) mass is 296 g/mol. The topological polar surface area (TPSA) is 9.23 Å². The lowest BCUT2D eigenvalue weighted by atomic mass is 10.0. The van der Waals surface area contributed by atoms with Gasteiger partial charge in [-0.25, -0.2) is 0 Å². The summed E-state index contributed by atoms with van der Waals surface area (Å²) >= 11 is 0. The number of ether oxygens (including phenoxy) is 1. The van der Waals surface area contributed by atoms with E-state index in [0.717, 1.165) is 13.0 Å². The molecular weight excluding hydrogens is 256 g/mol. The molecule has 0 saturated carbocycles. The molecule has 1 heteroatoms. The van der Waals surface area contributed by atoms with E-state index in [1.807, 2.05) is 0 Å². The highest BCUT2D eigenvalue weighted by Crippen LogP contribution is 2.15. The second-order valence-electron chi connectivity index (χ2n) is 6.95. The molecule has 0 fully saturated rings. The quantitative estimate of drug-likeness (QED) is 0.235. The fourth-order valence-electron chi connectivity index (χ4n) is 2.66. The van der Waals surface area contributed by atoms with Gasteiger partial charge < -0.3 is 4.74 Å². The number of unbranched alkanes of at least 4 members (excludes halogenated alkanes) is 9. The van der Waals surface area contributed by atoms with Gasteiger partial charge in [0, 0.05) is 6.61 Å². The molecule has 126 valence electrons. The van der Waals surface area contributed by atoms with Crippen LogP contribution in [0.2, 0.25) is 0 Å². The summed E-state index contributed by atoms with van der Waals surface area (Å²) in [5, 5.41) is 0. The standard InChI is InChI=1S/C20H40O/c1-6-7-8-9-10-11-12-13-14-15-16-21-20(5)19(4)17-18(2)3/h18,20H,4,6-17H2,1-3,5H3. The Hall–Kier alpha value is -0.300. The summed E-state index contributed by atoms with van der Waals surface area (Å²) in [6.45, 7) is 13.9. The van der Waals surface area contributed by atoms with Gasteiger partial charge in [0.15, 0.2) is 0 Å². The van der Waals surface area contributed by atoms with E-state index < -0.39 is 0 Å². The molecule has 0 aromatic heterocycles. The van der Waals surface area contributed by atoms with Crippen molar-refractivity contribution in [2.24, 2.45) is 5.92 Å². The maximum atomic E-state index is 5.88. The largest absolute Gasteiger partial charge is 0.374 e. The van der Waals surface area contributed by atoms with E-state index in [9.17, 15) is 0 Å². The number of hydrogen-bond donors (Lipinski definition) is 0. The van der Waals surface area contributed by atoms with Gasteiger partial charge >= 0.3 is 0 Å². The van der Waals surface area contributed by atoms with Crippen molar-refractivity contribution in [3.8, 4) is 0 Å². The van der Waals surface area contributed by atoms with Gasteiger partial charge in [0.25, 0.3) is 0 Å². The van der Waals surface area contributed by atoms with Crippen LogP contribution in [0.25, 0.3) is 0 Å². The van der Waals surface area contributed by atoms with E-state index in [0.29, 0.717) is 5.92 Å². The minimum atomic E-state index is 0.228. The maximum absolute atomic E-state index is 5.88. The summed E-state index contributed by atoms with van der Waals surface area (Å²) in [5.41, 5.74) is 1.25. The Morgan fingerprint density at radius 2 is 1.29 bits per heavy atom. The molecule has 1 unspecified atom stereocenters. The van der Waals surface area contributed by atoms with Crippen LogP contribution in [0.5, 0.6) is 0 Å². The molecule has 0 rings (SSSR count). The van der Waals surface area contributed by atoms with Crippen molar-refractivity contribution in [3.63, 3.8) is 0 Å². The van der Waals surface area contributed by atoms with Crippen LogP contribution in [0.15, 0.2) is 12.2 Å². The Morgan fingerprint density at radius 3 is 1.76 bits per heavy atom. The molecular formula is C20H40O. The highest BCUT2D eigenvalue weighted by atomic mass is 16.5. The van der Waals surface area contributed by atoms with Crippen molar-refractivity contribution < 1.29 is 4.74 Å². The first-order chi connectivity index (χ1) is 10.1. The summed E-state index contributed by atoms with van der Waals surface area (Å²) < 4.78 is 5.88. The molecule has 0 aliphatic carbocycles. The van der Waals surface area contributed by atoms with Gasteiger partial charge in [0.2, 0.25) is 0 Å². The molecule has 0 aliphatic rings. The third kappa shape index (κ3) is 14.4. The van der Waals surface area contributed by atoms with Gasteiger partial charge in [-0.2, -0.15) is 0 Å². The summed E-state index contributed by atoms with van der Waals surface area (Å²) in [5.74, 6) is 0.681. The van der Waals surface area contributed by atoms with E-state index in [-0.39, 0.29) is 6.10 Å². The first-order valence-corrected chi connectivity index (χ1v) is 9.37. The lowest BCUT2D eigenvalue weighted by Crippen LogP contribution is -2.13. The summed E-state index contributed by atoms with van der Waals surface area (Å²) in [7, 11) is 0. The van der Waals surface area contributed by atoms with Crippen LogP contribution < -0.4 is 0 Å². The zero-order valence-electron chi connectivity index (χ0n) is 15.3. The van der Waals surface area contributed by atoms with Crippen LogP contribution in [0, 0.1) is 5.92 Å². The fourth-order valence-corrected chi connectivity index (χ4v) is 2.66. The molecule has 21 heavy (non-hydrogen) atoms. The molecule has 0 N–H and O–H groups in total. The highest BCUT2D eigenvalue weighted by molar-refractivity contribution is 5.01. The van der Waals surface area contributed by atoms with Crippen LogP contribution in [0.3, 0.4) is 0 Å². The van der Waals surface area contributed by atoms with E-state index in [2.05, 4.69) is 34.3 Å². The molecule has 0 amide bonds. The van der Waals surface area contributed by atoms with Gasteiger partial charge in [0.1, 0.15) is 0 Å². The van der Waals surface area contributed by atoms with Crippen molar-refractivity contribution >= 4 is 0 Å². The lowest BCUT2D eigenvalue weighted by molar-refractivity contribution is 0.0834. The van der Waals surface area contributed by atoms with E-state index in [4.69, 9.17) is 4.74 Å². The third-order valence-electron chi connectivity index (χ3n) is 4.11. The minimum Gasteiger partial charge on any atom is -0.374 e. The van der Waals surface area contributed by atoms with Crippen molar-refractivity contribution in [3.05, 3.63) is 12.2 Å². The Labute approximate surface area is 134 Å². The Morgan fingerprint density at radius 1 is 0.810 bits per heavy atom. The van der Waals surface area contributed by atoms with E-state index in [1.54, 1.807) is 0 Å². The molecule has 0 bridgehead atoms. The van der Waals surface area contributed by atoms with Crippen molar-refractivity contribution in [1.29, 1.82) is 0 Å². The van der Waals surface area contributed by atoms with E-state index in [1.165, 1.54) is 69.8 Å². The zero-order valence-corrected chi connectivity index (χ0v) is 15.3.